The summed E-state index contributed by atoms with van der Waals surface area (Å²) in [4.78, 5) is 21.9. The lowest BCUT2D eigenvalue weighted by molar-refractivity contribution is 0.0519. The van der Waals surface area contributed by atoms with Crippen LogP contribution in [0.3, 0.4) is 0 Å². The Morgan fingerprint density at radius 1 is 1.60 bits per heavy atom. The van der Waals surface area contributed by atoms with Crippen LogP contribution in [0.5, 0.6) is 0 Å². The van der Waals surface area contributed by atoms with Gasteiger partial charge in [-0.2, -0.15) is 0 Å². The van der Waals surface area contributed by atoms with Gasteiger partial charge >= 0.3 is 5.97 Å². The number of carbonyl (C=O) groups excluding carboxylic acids is 2. The molecule has 0 spiro atoms. The lowest BCUT2D eigenvalue weighted by Crippen LogP contribution is -2.10. The molecule has 1 aromatic rings. The number of esters is 1. The Bertz CT molecular complexity index is 404. The summed E-state index contributed by atoms with van der Waals surface area (Å²) < 4.78 is 17.9. The van der Waals surface area contributed by atoms with E-state index >= 15 is 0 Å². The highest BCUT2D eigenvalue weighted by Gasteiger charge is 2.18. The second-order valence-electron chi connectivity index (χ2n) is 2.69. The van der Waals surface area contributed by atoms with Crippen LogP contribution in [0.15, 0.2) is 12.1 Å². The number of hydrogen-bond donors (Lipinski definition) is 0. The molecule has 1 aromatic carbocycles. The van der Waals surface area contributed by atoms with Gasteiger partial charge in [-0.1, -0.05) is 11.6 Å². The van der Waals surface area contributed by atoms with E-state index in [1.165, 1.54) is 6.07 Å². The molecule has 0 saturated heterocycles. The van der Waals surface area contributed by atoms with Crippen LogP contribution in [-0.4, -0.2) is 18.9 Å². The van der Waals surface area contributed by atoms with Gasteiger partial charge in [0.05, 0.1) is 6.61 Å². The molecule has 0 fully saturated rings. The predicted molar refractivity (Wildman–Crippen MR) is 52.8 cm³/mol. The van der Waals surface area contributed by atoms with E-state index in [4.69, 9.17) is 11.6 Å². The summed E-state index contributed by atoms with van der Waals surface area (Å²) in [6, 6.07) is 2.17. The zero-order valence-electron chi connectivity index (χ0n) is 7.92. The Hall–Kier alpha value is -1.42. The Morgan fingerprint density at radius 2 is 2.27 bits per heavy atom. The van der Waals surface area contributed by atoms with Crippen LogP contribution >= 0.6 is 11.6 Å². The molecule has 80 valence electrons. The number of carbonyl (C=O) groups is 2. The third kappa shape index (κ3) is 2.53. The molecule has 0 N–H and O–H groups in total. The van der Waals surface area contributed by atoms with Crippen molar-refractivity contribution in [2.45, 2.75) is 6.92 Å². The second-order valence-corrected chi connectivity index (χ2v) is 3.13. The van der Waals surface area contributed by atoms with Gasteiger partial charge in [0.25, 0.3) is 0 Å². The first-order valence-electron chi connectivity index (χ1n) is 4.21. The van der Waals surface area contributed by atoms with Crippen LogP contribution in [0.1, 0.15) is 27.6 Å². The molecule has 0 amide bonds. The lowest BCUT2D eigenvalue weighted by atomic mass is 10.1. The summed E-state index contributed by atoms with van der Waals surface area (Å²) in [7, 11) is 0. The number of benzene rings is 1. The zero-order chi connectivity index (χ0) is 11.4. The zero-order valence-corrected chi connectivity index (χ0v) is 8.68. The molecule has 1 rings (SSSR count). The molecule has 0 atom stereocenters. The molecular formula is C10H8ClFO3. The van der Waals surface area contributed by atoms with Crippen molar-refractivity contribution in [2.24, 2.45) is 0 Å². The number of ether oxygens (including phenoxy) is 1. The summed E-state index contributed by atoms with van der Waals surface area (Å²) in [6.07, 6.45) is 0.362. The first-order chi connectivity index (χ1) is 7.10. The van der Waals surface area contributed by atoms with Gasteiger partial charge in [-0.3, -0.25) is 4.79 Å². The second kappa shape index (κ2) is 4.89. The normalized spacial score (nSPS) is 9.80. The predicted octanol–water partition coefficient (Wildman–Crippen LogP) is 2.47. The van der Waals surface area contributed by atoms with E-state index in [9.17, 15) is 14.0 Å². The average Bonchev–Trinajstić information content (AvgIpc) is 2.16. The Labute approximate surface area is 90.8 Å². The van der Waals surface area contributed by atoms with Crippen LogP contribution in [0, 0.1) is 5.82 Å². The average molecular weight is 231 g/mol. The monoisotopic (exact) mass is 230 g/mol. The molecule has 0 bridgehead atoms. The lowest BCUT2D eigenvalue weighted by Gasteiger charge is -2.06. The van der Waals surface area contributed by atoms with Gasteiger partial charge in [0.1, 0.15) is 11.4 Å². The Morgan fingerprint density at radius 3 is 2.80 bits per heavy atom. The molecule has 0 saturated carbocycles. The fourth-order valence-corrected chi connectivity index (χ4v) is 1.32. The maximum Gasteiger partial charge on any atom is 0.341 e. The van der Waals surface area contributed by atoms with Crippen LogP contribution in [-0.2, 0) is 4.74 Å². The first-order valence-corrected chi connectivity index (χ1v) is 4.59. The standard InChI is InChI=1S/C10H8ClFO3/c1-2-15-10(14)9-6(5-13)3-7(11)4-8(9)12/h3-5H,2H2,1H3. The van der Waals surface area contributed by atoms with E-state index in [-0.39, 0.29) is 22.8 Å². The summed E-state index contributed by atoms with van der Waals surface area (Å²) in [6.45, 7) is 1.70. The van der Waals surface area contributed by atoms with Crippen molar-refractivity contribution in [3.8, 4) is 0 Å². The first kappa shape index (κ1) is 11.7. The highest BCUT2D eigenvalue weighted by atomic mass is 35.5. The molecule has 0 radical (unpaired) electrons. The van der Waals surface area contributed by atoms with Gasteiger partial charge < -0.3 is 4.74 Å². The summed E-state index contributed by atoms with van der Waals surface area (Å²) >= 11 is 5.53. The molecule has 0 aromatic heterocycles. The van der Waals surface area contributed by atoms with Crippen molar-refractivity contribution in [1.82, 2.24) is 0 Å². The van der Waals surface area contributed by atoms with E-state index in [2.05, 4.69) is 4.74 Å². The van der Waals surface area contributed by atoms with Crippen LogP contribution in [0.25, 0.3) is 0 Å². The molecule has 0 heterocycles. The molecular weight excluding hydrogens is 223 g/mol. The van der Waals surface area contributed by atoms with Crippen molar-refractivity contribution in [3.63, 3.8) is 0 Å². The van der Waals surface area contributed by atoms with Crippen molar-refractivity contribution < 1.29 is 18.7 Å². The van der Waals surface area contributed by atoms with Crippen molar-refractivity contribution in [3.05, 3.63) is 34.1 Å². The van der Waals surface area contributed by atoms with Crippen molar-refractivity contribution in [2.75, 3.05) is 6.61 Å². The van der Waals surface area contributed by atoms with Gasteiger partial charge in [-0.25, -0.2) is 9.18 Å². The fraction of sp³-hybridized carbons (Fsp3) is 0.200. The molecule has 0 aliphatic heterocycles. The molecule has 0 aliphatic carbocycles. The number of hydrogen-bond acceptors (Lipinski definition) is 3. The molecule has 5 heteroatoms. The van der Waals surface area contributed by atoms with Gasteiger partial charge in [0.15, 0.2) is 6.29 Å². The summed E-state index contributed by atoms with van der Waals surface area (Å²) in [5.41, 5.74) is -0.491. The Balaban J connectivity index is 3.26. The van der Waals surface area contributed by atoms with Gasteiger partial charge in [-0.15, -0.1) is 0 Å². The number of aldehydes is 1. The third-order valence-corrected chi connectivity index (χ3v) is 1.91. The van der Waals surface area contributed by atoms with Crippen LogP contribution in [0.2, 0.25) is 5.02 Å². The van der Waals surface area contributed by atoms with Crippen LogP contribution < -0.4 is 0 Å². The SMILES string of the molecule is CCOC(=O)c1c(F)cc(Cl)cc1C=O. The minimum atomic E-state index is -0.867. The van der Waals surface area contributed by atoms with E-state index in [1.54, 1.807) is 6.92 Å². The number of rotatable bonds is 3. The topological polar surface area (TPSA) is 43.4 Å². The summed E-state index contributed by atoms with van der Waals surface area (Å²) in [5.74, 6) is -1.73. The fourth-order valence-electron chi connectivity index (χ4n) is 1.11. The van der Waals surface area contributed by atoms with Crippen molar-refractivity contribution >= 4 is 23.9 Å². The maximum absolute atomic E-state index is 13.3. The highest BCUT2D eigenvalue weighted by molar-refractivity contribution is 6.31. The molecule has 3 nitrogen and oxygen atoms in total. The third-order valence-electron chi connectivity index (χ3n) is 1.69. The molecule has 15 heavy (non-hydrogen) atoms. The number of halogens is 2. The van der Waals surface area contributed by atoms with E-state index in [0.717, 1.165) is 6.07 Å². The highest BCUT2D eigenvalue weighted by Crippen LogP contribution is 2.19. The van der Waals surface area contributed by atoms with E-state index in [0.29, 0.717) is 6.29 Å². The van der Waals surface area contributed by atoms with Gasteiger partial charge in [0.2, 0.25) is 0 Å². The minimum absolute atomic E-state index is 0.0580. The largest absolute Gasteiger partial charge is 0.462 e. The van der Waals surface area contributed by atoms with E-state index < -0.39 is 11.8 Å². The quantitative estimate of drug-likeness (QED) is 0.592. The molecule has 0 unspecified atom stereocenters. The summed E-state index contributed by atoms with van der Waals surface area (Å²) in [5, 5.41) is 0.0580. The maximum atomic E-state index is 13.3. The van der Waals surface area contributed by atoms with Gasteiger partial charge in [0, 0.05) is 10.6 Å². The minimum Gasteiger partial charge on any atom is -0.462 e. The van der Waals surface area contributed by atoms with Gasteiger partial charge in [-0.05, 0) is 19.1 Å². The van der Waals surface area contributed by atoms with Crippen LogP contribution in [0.4, 0.5) is 4.39 Å². The van der Waals surface area contributed by atoms with Crippen molar-refractivity contribution in [1.29, 1.82) is 0 Å². The smallest absolute Gasteiger partial charge is 0.341 e. The Kier molecular flexibility index (Phi) is 3.80. The van der Waals surface area contributed by atoms with E-state index in [1.807, 2.05) is 0 Å². The molecule has 0 aliphatic rings.